The Hall–Kier alpha value is -1.81. The second-order valence-electron chi connectivity index (χ2n) is 6.32. The first kappa shape index (κ1) is 21.5. The molecule has 1 N–H and O–H groups in total. The van der Waals surface area contributed by atoms with Crippen molar-refractivity contribution in [3.8, 4) is 5.75 Å². The summed E-state index contributed by atoms with van der Waals surface area (Å²) >= 11 is 0. The highest BCUT2D eigenvalue weighted by atomic mass is 32.2. The van der Waals surface area contributed by atoms with Gasteiger partial charge in [0.2, 0.25) is 15.9 Å². The second-order valence-corrected chi connectivity index (χ2v) is 8.08. The lowest BCUT2D eigenvalue weighted by Gasteiger charge is -2.33. The molecule has 1 fully saturated rings. The number of likely N-dealkylation sites (N-methyl/N-ethyl adjacent to an activating group) is 1. The Labute approximate surface area is 156 Å². The molecule has 1 aromatic rings. The molecule has 2 rings (SSSR count). The molecule has 1 aliphatic rings. The largest absolute Gasteiger partial charge is 0.573 e. The average Bonchev–Trinajstić information content (AvgIpc) is 2.61. The van der Waals surface area contributed by atoms with Crippen molar-refractivity contribution in [1.82, 2.24) is 9.62 Å². The number of nitrogens with zero attached hydrogens (tertiary/aromatic N) is 1. The van der Waals surface area contributed by atoms with Gasteiger partial charge in [-0.05, 0) is 44.0 Å². The monoisotopic (exact) mass is 408 g/mol. The molecule has 1 amide bonds. The quantitative estimate of drug-likeness (QED) is 0.753. The van der Waals surface area contributed by atoms with Gasteiger partial charge in [-0.15, -0.1) is 13.2 Å². The molecule has 10 heteroatoms. The summed E-state index contributed by atoms with van der Waals surface area (Å²) in [6, 6.07) is 3.92. The van der Waals surface area contributed by atoms with Gasteiger partial charge in [0.1, 0.15) is 5.75 Å². The van der Waals surface area contributed by atoms with Gasteiger partial charge in [-0.3, -0.25) is 4.79 Å². The zero-order valence-electron chi connectivity index (χ0n) is 15.0. The first-order valence-electron chi connectivity index (χ1n) is 8.77. The molecular formula is C17H23F3N2O4S. The summed E-state index contributed by atoms with van der Waals surface area (Å²) in [5.74, 6) is -0.836. The molecule has 152 valence electrons. The van der Waals surface area contributed by atoms with Crippen LogP contribution in [0.5, 0.6) is 5.75 Å². The standard InChI is InChI=1S/C17H23F3N2O4S/c1-2-22(13-6-4-3-5-7-13)16(23)12-21-27(24,25)15-10-8-14(9-11-15)26-17(18,19)20/h8-11,13,21H,2-7,12H2,1H3. The summed E-state index contributed by atoms with van der Waals surface area (Å²) in [6.45, 7) is 1.95. The van der Waals surface area contributed by atoms with Gasteiger partial charge in [0.15, 0.2) is 0 Å². The minimum atomic E-state index is -4.85. The molecule has 0 spiro atoms. The van der Waals surface area contributed by atoms with Gasteiger partial charge < -0.3 is 9.64 Å². The summed E-state index contributed by atoms with van der Waals surface area (Å²) in [5.41, 5.74) is 0. The number of alkyl halides is 3. The van der Waals surface area contributed by atoms with Gasteiger partial charge in [0.05, 0.1) is 11.4 Å². The molecule has 0 unspecified atom stereocenters. The summed E-state index contributed by atoms with van der Waals surface area (Å²) in [6.07, 6.45) is 0.204. The molecule has 1 saturated carbocycles. The maximum atomic E-state index is 12.4. The van der Waals surface area contributed by atoms with E-state index >= 15 is 0 Å². The third kappa shape index (κ3) is 6.39. The van der Waals surface area contributed by atoms with Crippen molar-refractivity contribution >= 4 is 15.9 Å². The van der Waals surface area contributed by atoms with E-state index in [1.54, 1.807) is 4.90 Å². The van der Waals surface area contributed by atoms with E-state index in [4.69, 9.17) is 0 Å². The smallest absolute Gasteiger partial charge is 0.406 e. The van der Waals surface area contributed by atoms with Gasteiger partial charge in [-0.1, -0.05) is 19.3 Å². The lowest BCUT2D eigenvalue weighted by atomic mass is 9.94. The van der Waals surface area contributed by atoms with Crippen LogP contribution in [-0.2, 0) is 14.8 Å². The van der Waals surface area contributed by atoms with Crippen LogP contribution >= 0.6 is 0 Å². The Balaban J connectivity index is 1.97. The van der Waals surface area contributed by atoms with E-state index in [0.717, 1.165) is 56.4 Å². The number of nitrogens with one attached hydrogen (secondary N) is 1. The van der Waals surface area contributed by atoms with Gasteiger partial charge >= 0.3 is 6.36 Å². The molecule has 1 aliphatic carbocycles. The molecular weight excluding hydrogens is 385 g/mol. The van der Waals surface area contributed by atoms with Crippen LogP contribution in [0.15, 0.2) is 29.2 Å². The van der Waals surface area contributed by atoms with Crippen LogP contribution in [-0.4, -0.2) is 44.7 Å². The summed E-state index contributed by atoms with van der Waals surface area (Å²) < 4.78 is 66.9. The minimum absolute atomic E-state index is 0.125. The normalized spacial score (nSPS) is 16.1. The van der Waals surface area contributed by atoms with E-state index in [2.05, 4.69) is 9.46 Å². The van der Waals surface area contributed by atoms with Crippen LogP contribution in [0.25, 0.3) is 0 Å². The van der Waals surface area contributed by atoms with E-state index in [1.807, 2.05) is 6.92 Å². The Morgan fingerprint density at radius 1 is 1.19 bits per heavy atom. The third-order valence-corrected chi connectivity index (χ3v) is 5.87. The zero-order valence-corrected chi connectivity index (χ0v) is 15.8. The number of hydrogen-bond acceptors (Lipinski definition) is 4. The van der Waals surface area contributed by atoms with Crippen LogP contribution < -0.4 is 9.46 Å². The maximum Gasteiger partial charge on any atom is 0.573 e. The van der Waals surface area contributed by atoms with E-state index in [9.17, 15) is 26.4 Å². The van der Waals surface area contributed by atoms with Gasteiger partial charge in [-0.2, -0.15) is 0 Å². The van der Waals surface area contributed by atoms with Crippen molar-refractivity contribution in [2.75, 3.05) is 13.1 Å². The van der Waals surface area contributed by atoms with Crippen molar-refractivity contribution in [2.24, 2.45) is 0 Å². The molecule has 0 radical (unpaired) electrons. The number of halogens is 3. The van der Waals surface area contributed by atoms with Crippen LogP contribution in [0.4, 0.5) is 13.2 Å². The maximum absolute atomic E-state index is 12.4. The highest BCUT2D eigenvalue weighted by Gasteiger charge is 2.31. The zero-order chi connectivity index (χ0) is 20.1. The van der Waals surface area contributed by atoms with Crippen LogP contribution in [0.1, 0.15) is 39.0 Å². The Bertz CT molecular complexity index is 730. The molecule has 0 bridgehead atoms. The number of rotatable bonds is 7. The number of benzene rings is 1. The molecule has 0 aliphatic heterocycles. The van der Waals surface area contributed by atoms with E-state index in [1.165, 1.54) is 0 Å². The number of carbonyl (C=O) groups is 1. The topological polar surface area (TPSA) is 75.7 Å². The summed E-state index contributed by atoms with van der Waals surface area (Å²) in [7, 11) is -4.02. The predicted octanol–water partition coefficient (Wildman–Crippen LogP) is 3.04. The minimum Gasteiger partial charge on any atom is -0.406 e. The number of ether oxygens (including phenoxy) is 1. The first-order chi connectivity index (χ1) is 12.6. The van der Waals surface area contributed by atoms with Crippen molar-refractivity contribution in [2.45, 2.75) is 56.3 Å². The van der Waals surface area contributed by atoms with E-state index in [0.29, 0.717) is 6.54 Å². The molecule has 0 aromatic heterocycles. The fourth-order valence-corrected chi connectivity index (χ4v) is 4.17. The van der Waals surface area contributed by atoms with E-state index in [-0.39, 0.29) is 16.8 Å². The van der Waals surface area contributed by atoms with Crippen LogP contribution in [0, 0.1) is 0 Å². The predicted molar refractivity (Wildman–Crippen MR) is 92.6 cm³/mol. The van der Waals surface area contributed by atoms with Gasteiger partial charge in [0, 0.05) is 12.6 Å². The molecule has 0 saturated heterocycles. The number of amides is 1. The van der Waals surface area contributed by atoms with Crippen molar-refractivity contribution in [1.29, 1.82) is 0 Å². The first-order valence-corrected chi connectivity index (χ1v) is 10.3. The fourth-order valence-electron chi connectivity index (χ4n) is 3.19. The lowest BCUT2D eigenvalue weighted by molar-refractivity contribution is -0.274. The second kappa shape index (κ2) is 8.92. The average molecular weight is 408 g/mol. The van der Waals surface area contributed by atoms with Gasteiger partial charge in [0.25, 0.3) is 0 Å². The van der Waals surface area contributed by atoms with Crippen molar-refractivity contribution < 1.29 is 31.1 Å². The van der Waals surface area contributed by atoms with Crippen LogP contribution in [0.2, 0.25) is 0 Å². The molecule has 0 heterocycles. The Morgan fingerprint density at radius 3 is 2.30 bits per heavy atom. The van der Waals surface area contributed by atoms with E-state index < -0.39 is 28.7 Å². The molecule has 0 atom stereocenters. The summed E-state index contributed by atoms with van der Waals surface area (Å²) in [5, 5.41) is 0. The molecule has 1 aromatic carbocycles. The highest BCUT2D eigenvalue weighted by Crippen LogP contribution is 2.24. The lowest BCUT2D eigenvalue weighted by Crippen LogP contribution is -2.46. The van der Waals surface area contributed by atoms with Gasteiger partial charge in [-0.25, -0.2) is 13.1 Å². The molecule has 6 nitrogen and oxygen atoms in total. The van der Waals surface area contributed by atoms with Crippen LogP contribution in [0.3, 0.4) is 0 Å². The van der Waals surface area contributed by atoms with Crippen molar-refractivity contribution in [3.05, 3.63) is 24.3 Å². The number of carbonyl (C=O) groups excluding carboxylic acids is 1. The highest BCUT2D eigenvalue weighted by molar-refractivity contribution is 7.89. The SMILES string of the molecule is CCN(C(=O)CNS(=O)(=O)c1ccc(OC(F)(F)F)cc1)C1CCCCC1. The third-order valence-electron chi connectivity index (χ3n) is 4.46. The van der Waals surface area contributed by atoms with Crippen molar-refractivity contribution in [3.63, 3.8) is 0 Å². The Kier molecular flexibility index (Phi) is 7.10. The summed E-state index contributed by atoms with van der Waals surface area (Å²) in [4.78, 5) is 13.9. The number of hydrogen-bond donors (Lipinski definition) is 1. The fraction of sp³-hybridized carbons (Fsp3) is 0.588. The molecule has 27 heavy (non-hydrogen) atoms. The Morgan fingerprint density at radius 2 is 1.78 bits per heavy atom. The number of sulfonamides is 1.